The van der Waals surface area contributed by atoms with Crippen molar-refractivity contribution in [3.63, 3.8) is 0 Å². The normalized spacial score (nSPS) is 11.9. The summed E-state index contributed by atoms with van der Waals surface area (Å²) in [5, 5.41) is 3.43. The molecule has 6 heteroatoms. The number of hydrogen-bond acceptors (Lipinski definition) is 3. The predicted octanol–water partition coefficient (Wildman–Crippen LogP) is 2.51. The maximum atomic E-state index is 11.9. The summed E-state index contributed by atoms with van der Waals surface area (Å²) < 4.78 is 7.52. The molecule has 112 valence electrons. The number of benzene rings is 1. The summed E-state index contributed by atoms with van der Waals surface area (Å²) in [4.78, 5) is 15.9. The lowest BCUT2D eigenvalue weighted by Gasteiger charge is -2.15. The summed E-state index contributed by atoms with van der Waals surface area (Å²) in [5.74, 6) is 0.448. The molecule has 1 aromatic carbocycles. The molecular formula is C15H18ClN3O2. The standard InChI is InChI=1S/C15H18ClN3O2/c1-12(21-14-5-2-4-13(16)10-14)15(20)18-6-3-8-19-9-7-17-11-19/h2,4-5,7,9-12H,3,6,8H2,1H3,(H,18,20). The lowest BCUT2D eigenvalue weighted by Crippen LogP contribution is -2.37. The zero-order valence-electron chi connectivity index (χ0n) is 11.8. The van der Waals surface area contributed by atoms with Crippen LogP contribution in [0, 0.1) is 0 Å². The smallest absolute Gasteiger partial charge is 0.260 e. The molecule has 2 rings (SSSR count). The summed E-state index contributed by atoms with van der Waals surface area (Å²) in [5.41, 5.74) is 0. The second-order valence-corrected chi connectivity index (χ2v) is 5.10. The van der Waals surface area contributed by atoms with E-state index in [1.54, 1.807) is 43.7 Å². The van der Waals surface area contributed by atoms with E-state index in [4.69, 9.17) is 16.3 Å². The summed E-state index contributed by atoms with van der Waals surface area (Å²) in [6, 6.07) is 7.00. The molecule has 0 aliphatic carbocycles. The van der Waals surface area contributed by atoms with Gasteiger partial charge in [0.2, 0.25) is 0 Å². The Hall–Kier alpha value is -2.01. The van der Waals surface area contributed by atoms with E-state index < -0.39 is 6.10 Å². The summed E-state index contributed by atoms with van der Waals surface area (Å²) in [6.45, 7) is 3.14. The van der Waals surface area contributed by atoms with Crippen LogP contribution in [0.25, 0.3) is 0 Å². The van der Waals surface area contributed by atoms with E-state index in [1.165, 1.54) is 0 Å². The number of ether oxygens (including phenoxy) is 1. The van der Waals surface area contributed by atoms with E-state index in [1.807, 2.05) is 10.8 Å². The molecule has 2 aromatic rings. The van der Waals surface area contributed by atoms with Crippen molar-refractivity contribution in [3.05, 3.63) is 48.0 Å². The molecule has 5 nitrogen and oxygen atoms in total. The van der Waals surface area contributed by atoms with Crippen molar-refractivity contribution in [1.82, 2.24) is 14.9 Å². The van der Waals surface area contributed by atoms with Gasteiger partial charge in [0.1, 0.15) is 5.75 Å². The number of aromatic nitrogens is 2. The third-order valence-corrected chi connectivity index (χ3v) is 3.16. The van der Waals surface area contributed by atoms with Gasteiger partial charge in [-0.15, -0.1) is 0 Å². The third-order valence-electron chi connectivity index (χ3n) is 2.93. The first-order valence-electron chi connectivity index (χ1n) is 6.81. The highest BCUT2D eigenvalue weighted by Gasteiger charge is 2.13. The highest BCUT2D eigenvalue weighted by atomic mass is 35.5. The highest BCUT2D eigenvalue weighted by molar-refractivity contribution is 6.30. The van der Waals surface area contributed by atoms with Crippen LogP contribution in [0.1, 0.15) is 13.3 Å². The fraction of sp³-hybridized carbons (Fsp3) is 0.333. The van der Waals surface area contributed by atoms with Gasteiger partial charge in [0.25, 0.3) is 5.91 Å². The van der Waals surface area contributed by atoms with Crippen LogP contribution in [0.2, 0.25) is 5.02 Å². The zero-order chi connectivity index (χ0) is 15.1. The number of halogens is 1. The summed E-state index contributed by atoms with van der Waals surface area (Å²) in [6.07, 6.45) is 5.67. The number of nitrogens with one attached hydrogen (secondary N) is 1. The van der Waals surface area contributed by atoms with Crippen LogP contribution < -0.4 is 10.1 Å². The third kappa shape index (κ3) is 5.11. The van der Waals surface area contributed by atoms with Crippen molar-refractivity contribution in [2.75, 3.05) is 6.54 Å². The maximum Gasteiger partial charge on any atom is 0.260 e. The fourth-order valence-electron chi connectivity index (χ4n) is 1.83. The van der Waals surface area contributed by atoms with E-state index in [-0.39, 0.29) is 5.91 Å². The van der Waals surface area contributed by atoms with E-state index in [9.17, 15) is 4.79 Å². The lowest BCUT2D eigenvalue weighted by molar-refractivity contribution is -0.127. The van der Waals surface area contributed by atoms with Gasteiger partial charge >= 0.3 is 0 Å². The molecule has 1 atom stereocenters. The Morgan fingerprint density at radius 2 is 2.38 bits per heavy atom. The van der Waals surface area contributed by atoms with Crippen molar-refractivity contribution in [1.29, 1.82) is 0 Å². The minimum Gasteiger partial charge on any atom is -0.481 e. The molecule has 1 N–H and O–H groups in total. The maximum absolute atomic E-state index is 11.9. The van der Waals surface area contributed by atoms with Crippen LogP contribution in [0.15, 0.2) is 43.0 Å². The first kappa shape index (κ1) is 15.4. The van der Waals surface area contributed by atoms with Gasteiger partial charge in [-0.1, -0.05) is 17.7 Å². The number of carbonyl (C=O) groups is 1. The van der Waals surface area contributed by atoms with Crippen LogP contribution in [0.5, 0.6) is 5.75 Å². The second kappa shape index (κ2) is 7.69. The number of imidazole rings is 1. The van der Waals surface area contributed by atoms with E-state index in [0.717, 1.165) is 13.0 Å². The Morgan fingerprint density at radius 3 is 3.10 bits per heavy atom. The molecule has 1 amide bonds. The lowest BCUT2D eigenvalue weighted by atomic mass is 10.3. The monoisotopic (exact) mass is 307 g/mol. The van der Waals surface area contributed by atoms with Crippen molar-refractivity contribution in [3.8, 4) is 5.75 Å². The van der Waals surface area contributed by atoms with Crippen LogP contribution in [-0.2, 0) is 11.3 Å². The molecular weight excluding hydrogens is 290 g/mol. The molecule has 0 radical (unpaired) electrons. The fourth-order valence-corrected chi connectivity index (χ4v) is 2.01. The van der Waals surface area contributed by atoms with Crippen LogP contribution in [0.4, 0.5) is 0 Å². The van der Waals surface area contributed by atoms with Gasteiger partial charge in [-0.25, -0.2) is 4.98 Å². The second-order valence-electron chi connectivity index (χ2n) is 4.66. The molecule has 0 saturated carbocycles. The molecule has 1 unspecified atom stereocenters. The Bertz CT molecular complexity index is 572. The molecule has 1 heterocycles. The van der Waals surface area contributed by atoms with Gasteiger partial charge in [-0.2, -0.15) is 0 Å². The largest absolute Gasteiger partial charge is 0.481 e. The molecule has 1 aromatic heterocycles. The molecule has 0 spiro atoms. The van der Waals surface area contributed by atoms with E-state index in [0.29, 0.717) is 17.3 Å². The van der Waals surface area contributed by atoms with Crippen molar-refractivity contribution >= 4 is 17.5 Å². The molecule has 0 fully saturated rings. The van der Waals surface area contributed by atoms with Crippen LogP contribution in [-0.4, -0.2) is 28.1 Å². The molecule has 21 heavy (non-hydrogen) atoms. The highest BCUT2D eigenvalue weighted by Crippen LogP contribution is 2.18. The Balaban J connectivity index is 1.70. The summed E-state index contributed by atoms with van der Waals surface area (Å²) >= 11 is 5.87. The number of rotatable bonds is 7. The summed E-state index contributed by atoms with van der Waals surface area (Å²) in [7, 11) is 0. The molecule has 0 saturated heterocycles. The van der Waals surface area contributed by atoms with Crippen molar-refractivity contribution in [2.45, 2.75) is 26.0 Å². The minimum absolute atomic E-state index is 0.138. The quantitative estimate of drug-likeness (QED) is 0.800. The minimum atomic E-state index is -0.559. The van der Waals surface area contributed by atoms with Crippen molar-refractivity contribution < 1.29 is 9.53 Å². The van der Waals surface area contributed by atoms with Gasteiger partial charge in [0.15, 0.2) is 6.10 Å². The number of nitrogens with zero attached hydrogens (tertiary/aromatic N) is 2. The van der Waals surface area contributed by atoms with Gasteiger partial charge in [-0.05, 0) is 31.5 Å². The number of amides is 1. The zero-order valence-corrected chi connectivity index (χ0v) is 12.6. The molecule has 0 aliphatic heterocycles. The average Bonchev–Trinajstić information content (AvgIpc) is 2.96. The number of hydrogen-bond donors (Lipinski definition) is 1. The first-order valence-corrected chi connectivity index (χ1v) is 7.18. The molecule has 0 bridgehead atoms. The Kier molecular flexibility index (Phi) is 5.63. The van der Waals surface area contributed by atoms with E-state index >= 15 is 0 Å². The number of carbonyl (C=O) groups excluding carboxylic acids is 1. The van der Waals surface area contributed by atoms with Crippen LogP contribution >= 0.6 is 11.6 Å². The molecule has 0 aliphatic rings. The predicted molar refractivity (Wildman–Crippen MR) is 81.4 cm³/mol. The topological polar surface area (TPSA) is 56.1 Å². The van der Waals surface area contributed by atoms with Gasteiger partial charge in [0, 0.05) is 30.5 Å². The van der Waals surface area contributed by atoms with E-state index in [2.05, 4.69) is 10.3 Å². The van der Waals surface area contributed by atoms with Gasteiger partial charge < -0.3 is 14.6 Å². The number of aryl methyl sites for hydroxylation is 1. The van der Waals surface area contributed by atoms with Crippen molar-refractivity contribution in [2.24, 2.45) is 0 Å². The SMILES string of the molecule is CC(Oc1cccc(Cl)c1)C(=O)NCCCn1ccnc1. The van der Waals surface area contributed by atoms with Gasteiger partial charge in [-0.3, -0.25) is 4.79 Å². The first-order chi connectivity index (χ1) is 10.1. The van der Waals surface area contributed by atoms with Crippen LogP contribution in [0.3, 0.4) is 0 Å². The van der Waals surface area contributed by atoms with Gasteiger partial charge in [0.05, 0.1) is 6.33 Å². The Labute approximate surface area is 128 Å². The average molecular weight is 308 g/mol. The Morgan fingerprint density at radius 1 is 1.52 bits per heavy atom.